The molecule has 5 rings (SSSR count). The van der Waals surface area contributed by atoms with Crippen LogP contribution in [-0.2, 0) is 5.41 Å². The van der Waals surface area contributed by atoms with E-state index in [0.29, 0.717) is 4.90 Å². The van der Waals surface area contributed by atoms with Crippen LogP contribution >= 0.6 is 0 Å². The molecule has 0 aliphatic heterocycles. The Morgan fingerprint density at radius 2 is 1.75 bits per heavy atom. The van der Waals surface area contributed by atoms with Crippen LogP contribution in [0.4, 0.5) is 0 Å². The summed E-state index contributed by atoms with van der Waals surface area (Å²) in [6.45, 7) is 0. The summed E-state index contributed by atoms with van der Waals surface area (Å²) in [4.78, 5) is 0.646. The molecule has 4 nitrogen and oxygen atoms in total. The predicted molar refractivity (Wildman–Crippen MR) is 55.3 cm³/mol. The van der Waals surface area contributed by atoms with Gasteiger partial charge in [-0.3, -0.25) is 4.63 Å². The lowest BCUT2D eigenvalue weighted by atomic mass is 9.49. The molecule has 0 atom stereocenters. The molecule has 86 valence electrons. The summed E-state index contributed by atoms with van der Waals surface area (Å²) in [6, 6.07) is 0. The summed E-state index contributed by atoms with van der Waals surface area (Å²) in [7, 11) is 0. The normalized spacial score (nSPS) is 45.1. The molecule has 16 heavy (non-hydrogen) atoms. The van der Waals surface area contributed by atoms with Gasteiger partial charge in [0.25, 0.3) is 0 Å². The molecule has 1 aromatic heterocycles. The van der Waals surface area contributed by atoms with Crippen LogP contribution in [0.1, 0.15) is 44.2 Å². The van der Waals surface area contributed by atoms with Crippen molar-refractivity contribution in [1.82, 2.24) is 5.16 Å². The van der Waals surface area contributed by atoms with E-state index in [0.717, 1.165) is 23.4 Å². The molecule has 0 aromatic carbocycles. The molecule has 0 saturated heterocycles. The van der Waals surface area contributed by atoms with Crippen molar-refractivity contribution in [2.75, 3.05) is 0 Å². The second-order valence-corrected chi connectivity index (χ2v) is 6.16. The van der Waals surface area contributed by atoms with Gasteiger partial charge in [0, 0.05) is 10.6 Å². The van der Waals surface area contributed by atoms with Gasteiger partial charge in [-0.1, -0.05) is 0 Å². The van der Waals surface area contributed by atoms with E-state index >= 15 is 0 Å². The van der Waals surface area contributed by atoms with Crippen LogP contribution in [0.25, 0.3) is 0 Å². The molecule has 0 N–H and O–H groups in total. The molecule has 4 aliphatic rings. The highest BCUT2D eigenvalue weighted by molar-refractivity contribution is 5.16. The van der Waals surface area contributed by atoms with Crippen LogP contribution in [0.3, 0.4) is 0 Å². The predicted octanol–water partition coefficient (Wildman–Crippen LogP) is 1.78. The lowest BCUT2D eigenvalue weighted by molar-refractivity contribution is -0.811. The van der Waals surface area contributed by atoms with Crippen LogP contribution in [0, 0.1) is 23.0 Å². The SMILES string of the molecule is [O-][n+]1oncc1C12CC3CC(CC(C3)C1)C2. The molecule has 4 aliphatic carbocycles. The minimum Gasteiger partial charge on any atom is -0.359 e. The van der Waals surface area contributed by atoms with Gasteiger partial charge in [-0.25, -0.2) is 0 Å². The molecule has 0 unspecified atom stereocenters. The molecule has 1 aromatic rings. The first kappa shape index (κ1) is 9.02. The summed E-state index contributed by atoms with van der Waals surface area (Å²) in [5, 5.41) is 15.3. The Hall–Kier alpha value is -1.06. The monoisotopic (exact) mass is 220 g/mol. The van der Waals surface area contributed by atoms with Crippen molar-refractivity contribution in [3.63, 3.8) is 0 Å². The highest BCUT2D eigenvalue weighted by atomic mass is 16.8. The quantitative estimate of drug-likeness (QED) is 0.678. The zero-order chi connectivity index (χ0) is 10.8. The van der Waals surface area contributed by atoms with Crippen LogP contribution < -0.4 is 4.90 Å². The van der Waals surface area contributed by atoms with Gasteiger partial charge in [-0.2, -0.15) is 0 Å². The summed E-state index contributed by atoms with van der Waals surface area (Å²) in [6.07, 6.45) is 9.38. The van der Waals surface area contributed by atoms with Crippen molar-refractivity contribution in [1.29, 1.82) is 0 Å². The Kier molecular flexibility index (Phi) is 1.57. The molecule has 4 bridgehead atoms. The van der Waals surface area contributed by atoms with E-state index < -0.39 is 0 Å². The van der Waals surface area contributed by atoms with E-state index in [9.17, 15) is 5.21 Å². The van der Waals surface area contributed by atoms with Gasteiger partial charge < -0.3 is 5.21 Å². The lowest BCUT2D eigenvalue weighted by Crippen LogP contribution is -2.52. The summed E-state index contributed by atoms with van der Waals surface area (Å²) < 4.78 is 4.67. The Morgan fingerprint density at radius 1 is 1.19 bits per heavy atom. The van der Waals surface area contributed by atoms with Crippen molar-refractivity contribution in [3.05, 3.63) is 17.1 Å². The van der Waals surface area contributed by atoms with Gasteiger partial charge in [-0.05, 0) is 61.2 Å². The standard InChI is InChI=1S/C12H16N2O2/c15-14-11(7-13-16-14)12-4-8-1-9(5-12)3-10(2-8)6-12/h7-10H,1-6H2. The van der Waals surface area contributed by atoms with Gasteiger partial charge in [0.1, 0.15) is 0 Å². The van der Waals surface area contributed by atoms with Crippen LogP contribution in [0.5, 0.6) is 0 Å². The van der Waals surface area contributed by atoms with E-state index in [1.54, 1.807) is 6.20 Å². The molecular weight excluding hydrogens is 204 g/mol. The number of rotatable bonds is 1. The Bertz CT molecular complexity index is 391. The molecule has 4 saturated carbocycles. The fraction of sp³-hybridized carbons (Fsp3) is 0.833. The molecule has 4 heteroatoms. The number of hydrogen-bond donors (Lipinski definition) is 0. The molecule has 1 heterocycles. The molecule has 0 spiro atoms. The average Bonchev–Trinajstić information content (AvgIpc) is 2.62. The summed E-state index contributed by atoms with van der Waals surface area (Å²) in [5.74, 6) is 2.54. The van der Waals surface area contributed by atoms with E-state index in [1.165, 1.54) is 38.5 Å². The number of nitrogens with zero attached hydrogens (tertiary/aromatic N) is 2. The zero-order valence-corrected chi connectivity index (χ0v) is 9.26. The summed E-state index contributed by atoms with van der Waals surface area (Å²) >= 11 is 0. The summed E-state index contributed by atoms with van der Waals surface area (Å²) in [5.41, 5.74) is 0.905. The van der Waals surface area contributed by atoms with Gasteiger partial charge >= 0.3 is 0 Å². The maximum Gasteiger partial charge on any atom is 0.209 e. The van der Waals surface area contributed by atoms with E-state index in [4.69, 9.17) is 0 Å². The fourth-order valence-electron chi connectivity index (χ4n) is 4.96. The van der Waals surface area contributed by atoms with Crippen molar-refractivity contribution in [3.8, 4) is 0 Å². The first-order valence-corrected chi connectivity index (χ1v) is 6.30. The Balaban J connectivity index is 1.79. The smallest absolute Gasteiger partial charge is 0.209 e. The Morgan fingerprint density at radius 3 is 2.19 bits per heavy atom. The van der Waals surface area contributed by atoms with E-state index in [2.05, 4.69) is 9.79 Å². The first-order chi connectivity index (χ1) is 7.75. The first-order valence-electron chi connectivity index (χ1n) is 6.30. The Labute approximate surface area is 94.2 Å². The zero-order valence-electron chi connectivity index (χ0n) is 9.26. The maximum atomic E-state index is 11.6. The molecular formula is C12H16N2O2. The third-order valence-corrected chi connectivity index (χ3v) is 5.07. The topological polar surface area (TPSA) is 53.0 Å². The van der Waals surface area contributed by atoms with Crippen molar-refractivity contribution in [2.24, 2.45) is 17.8 Å². The van der Waals surface area contributed by atoms with Gasteiger partial charge in [0.15, 0.2) is 0 Å². The minimum absolute atomic E-state index is 0.108. The lowest BCUT2D eigenvalue weighted by Gasteiger charge is -2.55. The largest absolute Gasteiger partial charge is 0.359 e. The van der Waals surface area contributed by atoms with E-state index in [1.807, 2.05) is 0 Å². The fourth-order valence-corrected chi connectivity index (χ4v) is 4.96. The van der Waals surface area contributed by atoms with Crippen LogP contribution in [0.15, 0.2) is 10.8 Å². The van der Waals surface area contributed by atoms with Crippen molar-refractivity contribution < 1.29 is 9.53 Å². The third kappa shape index (κ3) is 1.05. The van der Waals surface area contributed by atoms with Crippen LogP contribution in [0.2, 0.25) is 0 Å². The van der Waals surface area contributed by atoms with Gasteiger partial charge in [0.05, 0.1) is 0 Å². The van der Waals surface area contributed by atoms with Crippen LogP contribution in [-0.4, -0.2) is 5.16 Å². The molecule has 4 fully saturated rings. The molecule has 0 radical (unpaired) electrons. The van der Waals surface area contributed by atoms with Gasteiger partial charge in [0.2, 0.25) is 11.9 Å². The van der Waals surface area contributed by atoms with Crippen molar-refractivity contribution >= 4 is 0 Å². The van der Waals surface area contributed by atoms with E-state index in [-0.39, 0.29) is 5.41 Å². The molecule has 0 amide bonds. The maximum absolute atomic E-state index is 11.6. The second kappa shape index (κ2) is 2.79. The number of aromatic nitrogens is 2. The van der Waals surface area contributed by atoms with Crippen molar-refractivity contribution in [2.45, 2.75) is 43.9 Å². The minimum atomic E-state index is 0.108. The number of hydrogen-bond acceptors (Lipinski definition) is 3. The highest BCUT2D eigenvalue weighted by Crippen LogP contribution is 2.60. The highest BCUT2D eigenvalue weighted by Gasteiger charge is 2.54. The third-order valence-electron chi connectivity index (χ3n) is 5.07. The van der Waals surface area contributed by atoms with Gasteiger partial charge in [-0.15, -0.1) is 0 Å². The second-order valence-electron chi connectivity index (χ2n) is 6.16. The average molecular weight is 220 g/mol.